The van der Waals surface area contributed by atoms with Crippen LogP contribution in [0.1, 0.15) is 35.5 Å². The van der Waals surface area contributed by atoms with Crippen molar-refractivity contribution in [3.8, 4) is 0 Å². The van der Waals surface area contributed by atoms with Gasteiger partial charge < -0.3 is 10.2 Å². The van der Waals surface area contributed by atoms with Gasteiger partial charge in [-0.05, 0) is 26.3 Å². The number of hydrogen-bond donors (Lipinski definition) is 1. The molecule has 2 aromatic rings. The Labute approximate surface area is 131 Å². The van der Waals surface area contributed by atoms with Crippen molar-refractivity contribution in [3.05, 3.63) is 53.5 Å². The van der Waals surface area contributed by atoms with E-state index in [1.807, 2.05) is 25.1 Å². The Hall–Kier alpha value is -2.43. The highest BCUT2D eigenvalue weighted by atomic mass is 16.1. The SMILES string of the molecule is CCN(CC)c1cc(C(=O)NCc2cccc(C)c2)ncn1. The molecule has 0 radical (unpaired) electrons. The van der Waals surface area contributed by atoms with Gasteiger partial charge in [-0.25, -0.2) is 9.97 Å². The molecule has 1 heterocycles. The third-order valence-electron chi connectivity index (χ3n) is 3.51. The minimum absolute atomic E-state index is 0.183. The van der Waals surface area contributed by atoms with Crippen LogP contribution in [0.3, 0.4) is 0 Å². The van der Waals surface area contributed by atoms with Gasteiger partial charge in [-0.15, -0.1) is 0 Å². The van der Waals surface area contributed by atoms with Crippen molar-refractivity contribution in [2.24, 2.45) is 0 Å². The summed E-state index contributed by atoms with van der Waals surface area (Å²) >= 11 is 0. The summed E-state index contributed by atoms with van der Waals surface area (Å²) in [6.07, 6.45) is 1.44. The van der Waals surface area contributed by atoms with E-state index in [1.165, 1.54) is 11.9 Å². The number of benzene rings is 1. The third kappa shape index (κ3) is 4.04. The first-order valence-electron chi connectivity index (χ1n) is 7.54. The molecule has 0 fully saturated rings. The average Bonchev–Trinajstić information content (AvgIpc) is 2.54. The molecule has 0 saturated heterocycles. The van der Waals surface area contributed by atoms with Crippen LogP contribution in [-0.4, -0.2) is 29.0 Å². The molecule has 0 atom stereocenters. The van der Waals surface area contributed by atoms with Crippen molar-refractivity contribution in [1.29, 1.82) is 0 Å². The molecule has 116 valence electrons. The Balaban J connectivity index is 2.05. The molecule has 0 unspecified atom stereocenters. The summed E-state index contributed by atoms with van der Waals surface area (Å²) in [6, 6.07) is 9.81. The van der Waals surface area contributed by atoms with Crippen molar-refractivity contribution in [3.63, 3.8) is 0 Å². The van der Waals surface area contributed by atoms with Crippen molar-refractivity contribution in [2.75, 3.05) is 18.0 Å². The Morgan fingerprint density at radius 1 is 1.18 bits per heavy atom. The minimum atomic E-state index is -0.183. The lowest BCUT2D eigenvalue weighted by Gasteiger charge is -2.19. The van der Waals surface area contributed by atoms with Crippen LogP contribution >= 0.6 is 0 Å². The van der Waals surface area contributed by atoms with Crippen LogP contribution in [0.2, 0.25) is 0 Å². The lowest BCUT2D eigenvalue weighted by Crippen LogP contribution is -2.26. The number of rotatable bonds is 6. The van der Waals surface area contributed by atoms with Gasteiger partial charge in [0.1, 0.15) is 17.8 Å². The molecule has 0 aliphatic rings. The highest BCUT2D eigenvalue weighted by Crippen LogP contribution is 2.10. The maximum absolute atomic E-state index is 12.2. The van der Waals surface area contributed by atoms with Gasteiger partial charge in [-0.2, -0.15) is 0 Å². The van der Waals surface area contributed by atoms with Crippen LogP contribution in [0.5, 0.6) is 0 Å². The molecule has 1 N–H and O–H groups in total. The fourth-order valence-corrected chi connectivity index (χ4v) is 2.29. The molecule has 0 aliphatic carbocycles. The molecule has 5 nitrogen and oxygen atoms in total. The smallest absolute Gasteiger partial charge is 0.270 e. The maximum Gasteiger partial charge on any atom is 0.270 e. The lowest BCUT2D eigenvalue weighted by atomic mass is 10.1. The van der Waals surface area contributed by atoms with Crippen LogP contribution in [0.4, 0.5) is 5.82 Å². The summed E-state index contributed by atoms with van der Waals surface area (Å²) in [5.41, 5.74) is 2.65. The fourth-order valence-electron chi connectivity index (χ4n) is 2.29. The standard InChI is InChI=1S/C17H22N4O/c1-4-21(5-2)16-10-15(19-12-20-16)17(22)18-11-14-8-6-7-13(3)9-14/h6-10,12H,4-5,11H2,1-3H3,(H,18,22). The highest BCUT2D eigenvalue weighted by molar-refractivity contribution is 5.92. The van der Waals surface area contributed by atoms with Gasteiger partial charge >= 0.3 is 0 Å². The van der Waals surface area contributed by atoms with E-state index >= 15 is 0 Å². The van der Waals surface area contributed by atoms with Gasteiger partial charge in [0.25, 0.3) is 5.91 Å². The number of amides is 1. The number of nitrogens with one attached hydrogen (secondary N) is 1. The first-order valence-corrected chi connectivity index (χ1v) is 7.54. The van der Waals surface area contributed by atoms with Crippen LogP contribution in [-0.2, 0) is 6.54 Å². The summed E-state index contributed by atoms with van der Waals surface area (Å²) < 4.78 is 0. The molecule has 0 bridgehead atoms. The predicted molar refractivity (Wildman–Crippen MR) is 87.9 cm³/mol. The topological polar surface area (TPSA) is 58.1 Å². The van der Waals surface area contributed by atoms with Crippen molar-refractivity contribution in [1.82, 2.24) is 15.3 Å². The second-order valence-electron chi connectivity index (χ2n) is 5.11. The van der Waals surface area contributed by atoms with Crippen LogP contribution < -0.4 is 10.2 Å². The number of aryl methyl sites for hydroxylation is 1. The van der Waals surface area contributed by atoms with Crippen molar-refractivity contribution >= 4 is 11.7 Å². The summed E-state index contributed by atoms with van der Waals surface area (Å²) in [5.74, 6) is 0.595. The first kappa shape index (κ1) is 15.9. The summed E-state index contributed by atoms with van der Waals surface area (Å²) in [4.78, 5) is 22.6. The van der Waals surface area contributed by atoms with Crippen LogP contribution in [0.25, 0.3) is 0 Å². The van der Waals surface area contributed by atoms with Gasteiger partial charge in [0.15, 0.2) is 0 Å². The minimum Gasteiger partial charge on any atom is -0.357 e. The molecule has 5 heteroatoms. The molecule has 2 rings (SSSR count). The quantitative estimate of drug-likeness (QED) is 0.890. The Morgan fingerprint density at radius 2 is 1.95 bits per heavy atom. The third-order valence-corrected chi connectivity index (χ3v) is 3.51. The van der Waals surface area contributed by atoms with E-state index in [9.17, 15) is 4.79 Å². The Bertz CT molecular complexity index is 638. The van der Waals surface area contributed by atoms with E-state index in [1.54, 1.807) is 6.07 Å². The van der Waals surface area contributed by atoms with Gasteiger partial charge in [0.05, 0.1) is 0 Å². The predicted octanol–water partition coefficient (Wildman–Crippen LogP) is 2.56. The first-order chi connectivity index (χ1) is 10.6. The number of hydrogen-bond acceptors (Lipinski definition) is 4. The van der Waals surface area contributed by atoms with Gasteiger partial charge in [-0.3, -0.25) is 4.79 Å². The van der Waals surface area contributed by atoms with Gasteiger partial charge in [0, 0.05) is 25.7 Å². The van der Waals surface area contributed by atoms with E-state index in [0.29, 0.717) is 12.2 Å². The second-order valence-corrected chi connectivity index (χ2v) is 5.11. The molecule has 0 spiro atoms. The second kappa shape index (κ2) is 7.54. The zero-order valence-corrected chi connectivity index (χ0v) is 13.3. The van der Waals surface area contributed by atoms with Gasteiger partial charge in [0.2, 0.25) is 0 Å². The Kier molecular flexibility index (Phi) is 5.47. The highest BCUT2D eigenvalue weighted by Gasteiger charge is 2.11. The van der Waals surface area contributed by atoms with Crippen molar-refractivity contribution in [2.45, 2.75) is 27.3 Å². The molecule has 22 heavy (non-hydrogen) atoms. The number of nitrogens with zero attached hydrogens (tertiary/aromatic N) is 3. The van der Waals surface area contributed by atoms with Gasteiger partial charge in [-0.1, -0.05) is 29.8 Å². The maximum atomic E-state index is 12.2. The molecule has 1 amide bonds. The molecule has 1 aromatic heterocycles. The normalized spacial score (nSPS) is 10.3. The molecular weight excluding hydrogens is 276 g/mol. The zero-order valence-electron chi connectivity index (χ0n) is 13.3. The zero-order chi connectivity index (χ0) is 15.9. The van der Waals surface area contributed by atoms with Crippen LogP contribution in [0.15, 0.2) is 36.7 Å². The number of carbonyl (C=O) groups excluding carboxylic acids is 1. The van der Waals surface area contributed by atoms with E-state index < -0.39 is 0 Å². The molecule has 1 aromatic carbocycles. The average molecular weight is 298 g/mol. The summed E-state index contributed by atoms with van der Waals surface area (Å²) in [6.45, 7) is 8.33. The van der Waals surface area contributed by atoms with E-state index in [-0.39, 0.29) is 5.91 Å². The summed E-state index contributed by atoms with van der Waals surface area (Å²) in [7, 11) is 0. The number of aromatic nitrogens is 2. The van der Waals surface area contributed by atoms with Crippen molar-refractivity contribution < 1.29 is 4.79 Å². The number of carbonyl (C=O) groups is 1. The van der Waals surface area contributed by atoms with E-state index in [4.69, 9.17) is 0 Å². The van der Waals surface area contributed by atoms with E-state index in [0.717, 1.165) is 24.5 Å². The lowest BCUT2D eigenvalue weighted by molar-refractivity contribution is 0.0945. The molecule has 0 aliphatic heterocycles. The number of anilines is 1. The fraction of sp³-hybridized carbons (Fsp3) is 0.353. The summed E-state index contributed by atoms with van der Waals surface area (Å²) in [5, 5.41) is 2.90. The largest absolute Gasteiger partial charge is 0.357 e. The Morgan fingerprint density at radius 3 is 2.64 bits per heavy atom. The monoisotopic (exact) mass is 298 g/mol. The van der Waals surface area contributed by atoms with E-state index in [2.05, 4.69) is 40.1 Å². The molecule has 0 saturated carbocycles. The molecular formula is C17H22N4O. The van der Waals surface area contributed by atoms with Crippen LogP contribution in [0, 0.1) is 6.92 Å².